The molecule has 0 saturated heterocycles. The third-order valence-electron chi connectivity index (χ3n) is 4.91. The molecule has 0 bridgehead atoms. The van der Waals surface area contributed by atoms with E-state index in [0.717, 1.165) is 68.9 Å². The maximum atomic E-state index is 6.10. The molecule has 5 nitrogen and oxygen atoms in total. The van der Waals surface area contributed by atoms with Gasteiger partial charge in [-0.1, -0.05) is 19.9 Å². The van der Waals surface area contributed by atoms with Gasteiger partial charge in [0.05, 0.1) is 18.6 Å². The topological polar surface area (TPSA) is 52.1 Å². The third kappa shape index (κ3) is 2.83. The number of benzene rings is 1. The molecule has 2 aromatic carbocycles. The fourth-order valence-electron chi connectivity index (χ4n) is 3.58. The first-order valence-corrected chi connectivity index (χ1v) is 9.13. The van der Waals surface area contributed by atoms with Crippen molar-refractivity contribution in [3.63, 3.8) is 0 Å². The average molecular weight is 367 g/mol. The van der Waals surface area contributed by atoms with Gasteiger partial charge in [-0.25, -0.2) is 0 Å². The zero-order chi connectivity index (χ0) is 19.0. The zero-order valence-corrected chi connectivity index (χ0v) is 16.0. The highest BCUT2D eigenvalue weighted by Gasteiger charge is 2.22. The van der Waals surface area contributed by atoms with Crippen LogP contribution in [0.5, 0.6) is 17.2 Å². The first kappa shape index (κ1) is 17.5. The van der Waals surface area contributed by atoms with Crippen LogP contribution in [0.25, 0.3) is 21.9 Å². The monoisotopic (exact) mass is 367 g/mol. The molecule has 0 unspecified atom stereocenters. The van der Waals surface area contributed by atoms with Crippen molar-refractivity contribution in [1.29, 1.82) is 0 Å². The number of fused-ring (bicyclic) bond motifs is 2. The van der Waals surface area contributed by atoms with Gasteiger partial charge in [0.1, 0.15) is 22.7 Å². The first-order valence-electron chi connectivity index (χ1n) is 9.13. The summed E-state index contributed by atoms with van der Waals surface area (Å²) in [7, 11) is 3.37. The lowest BCUT2D eigenvalue weighted by Gasteiger charge is -2.03. The molecule has 0 fully saturated rings. The van der Waals surface area contributed by atoms with E-state index < -0.39 is 0 Å². The molecular weight excluding hydrogens is 344 g/mol. The Morgan fingerprint density at radius 3 is 2.37 bits per heavy atom. The van der Waals surface area contributed by atoms with Gasteiger partial charge in [0.15, 0.2) is 11.5 Å². The highest BCUT2D eigenvalue weighted by atomic mass is 16.7. The predicted molar refractivity (Wildman–Crippen MR) is 105 cm³/mol. The van der Waals surface area contributed by atoms with Crippen LogP contribution >= 0.6 is 0 Å². The number of hydrogen-bond donors (Lipinski definition) is 0. The summed E-state index contributed by atoms with van der Waals surface area (Å²) in [5.41, 5.74) is 2.74. The Kier molecular flexibility index (Phi) is 4.52. The number of ether oxygens (including phenoxy) is 3. The minimum atomic E-state index is 0.253. The minimum absolute atomic E-state index is 0.253. The summed E-state index contributed by atoms with van der Waals surface area (Å²) in [5.74, 6) is 4.09. The van der Waals surface area contributed by atoms with E-state index in [1.54, 1.807) is 14.2 Å². The van der Waals surface area contributed by atoms with E-state index in [4.69, 9.17) is 23.1 Å². The van der Waals surface area contributed by atoms with Gasteiger partial charge in [-0.3, -0.25) is 4.42 Å². The molecule has 0 saturated carbocycles. The van der Waals surface area contributed by atoms with Crippen molar-refractivity contribution >= 4 is 10.8 Å². The Labute approximate surface area is 157 Å². The molecule has 0 atom stereocenters. The SMILES string of the molecule is CCc1oc(CC)c2c(=[O+]C)cc(-c3ccc4c(c3)OCO4)cc(OC)c12. The zero-order valence-electron chi connectivity index (χ0n) is 16.0. The number of rotatable bonds is 4. The number of furan rings is 1. The third-order valence-corrected chi connectivity index (χ3v) is 4.91. The van der Waals surface area contributed by atoms with Crippen LogP contribution in [0.2, 0.25) is 0 Å². The lowest BCUT2D eigenvalue weighted by molar-refractivity contribution is 0.174. The normalized spacial score (nSPS) is 13.4. The fraction of sp³-hybridized carbons (Fsp3) is 0.318. The Hall–Kier alpha value is -2.95. The van der Waals surface area contributed by atoms with Crippen LogP contribution in [0.4, 0.5) is 0 Å². The number of aryl methyl sites for hydroxylation is 2. The van der Waals surface area contributed by atoms with Crippen LogP contribution in [0.3, 0.4) is 0 Å². The summed E-state index contributed by atoms with van der Waals surface area (Å²) in [6.07, 6.45) is 1.55. The lowest BCUT2D eigenvalue weighted by Crippen LogP contribution is -2.00. The van der Waals surface area contributed by atoms with E-state index in [-0.39, 0.29) is 6.79 Å². The van der Waals surface area contributed by atoms with Gasteiger partial charge in [-0.2, -0.15) is 0 Å². The Morgan fingerprint density at radius 2 is 1.67 bits per heavy atom. The molecule has 1 aliphatic rings. The maximum Gasteiger partial charge on any atom is 0.355 e. The summed E-state index contributed by atoms with van der Waals surface area (Å²) < 4.78 is 28.6. The van der Waals surface area contributed by atoms with Crippen LogP contribution in [0.1, 0.15) is 25.4 Å². The Morgan fingerprint density at radius 1 is 0.926 bits per heavy atom. The Bertz CT molecular complexity index is 1080. The molecule has 0 amide bonds. The highest BCUT2D eigenvalue weighted by Crippen LogP contribution is 2.38. The van der Waals surface area contributed by atoms with Gasteiger partial charge in [-0.05, 0) is 29.3 Å². The standard InChI is InChI=1S/C22H23O5/c1-5-15-21-19(23-3)10-14(11-20(24-4)22(21)16(6-2)27-15)13-7-8-17-18(9-13)26-12-25-17/h7-11H,5-6,12H2,1-4H3/q+1. The van der Waals surface area contributed by atoms with E-state index in [9.17, 15) is 0 Å². The van der Waals surface area contributed by atoms with E-state index in [2.05, 4.69) is 13.8 Å². The second-order valence-corrected chi connectivity index (χ2v) is 6.35. The summed E-state index contributed by atoms with van der Waals surface area (Å²) >= 11 is 0. The van der Waals surface area contributed by atoms with Crippen LogP contribution < -0.4 is 19.6 Å². The molecular formula is C22H23O5+. The smallest absolute Gasteiger partial charge is 0.355 e. The van der Waals surface area contributed by atoms with Crippen LogP contribution in [0.15, 0.2) is 39.2 Å². The van der Waals surface area contributed by atoms with E-state index in [0.29, 0.717) is 0 Å². The van der Waals surface area contributed by atoms with Gasteiger partial charge in [0, 0.05) is 12.8 Å². The molecule has 0 N–H and O–H groups in total. The largest absolute Gasteiger partial charge is 0.496 e. The Balaban J connectivity index is 2.07. The lowest BCUT2D eigenvalue weighted by atomic mass is 10.1. The maximum absolute atomic E-state index is 6.10. The van der Waals surface area contributed by atoms with Crippen molar-refractivity contribution in [3.8, 4) is 28.4 Å². The fourth-order valence-corrected chi connectivity index (χ4v) is 3.58. The molecule has 2 heterocycles. The number of hydrogen-bond acceptors (Lipinski definition) is 4. The van der Waals surface area contributed by atoms with Crippen molar-refractivity contribution in [1.82, 2.24) is 0 Å². The average Bonchev–Trinajstić information content (AvgIpc) is 3.28. The van der Waals surface area contributed by atoms with Crippen molar-refractivity contribution in [2.75, 3.05) is 21.0 Å². The van der Waals surface area contributed by atoms with E-state index >= 15 is 0 Å². The van der Waals surface area contributed by atoms with Crippen molar-refractivity contribution in [2.24, 2.45) is 0 Å². The van der Waals surface area contributed by atoms with Crippen LogP contribution in [-0.4, -0.2) is 21.0 Å². The number of methoxy groups -OCH3 is 1. The highest BCUT2D eigenvalue weighted by molar-refractivity contribution is 5.93. The quantitative estimate of drug-likeness (QED) is 0.638. The molecule has 5 heteroatoms. The van der Waals surface area contributed by atoms with Crippen LogP contribution in [-0.2, 0) is 12.8 Å². The van der Waals surface area contributed by atoms with Gasteiger partial charge < -0.3 is 18.6 Å². The van der Waals surface area contributed by atoms with Crippen LogP contribution in [0, 0.1) is 0 Å². The minimum Gasteiger partial charge on any atom is -0.496 e. The summed E-state index contributed by atoms with van der Waals surface area (Å²) in [5, 5.41) is 1.95. The van der Waals surface area contributed by atoms with E-state index in [1.807, 2.05) is 30.3 Å². The van der Waals surface area contributed by atoms with Crippen molar-refractivity contribution < 1.29 is 18.6 Å². The van der Waals surface area contributed by atoms with Gasteiger partial charge in [0.25, 0.3) is 7.11 Å². The molecule has 140 valence electrons. The van der Waals surface area contributed by atoms with Crippen molar-refractivity contribution in [3.05, 3.63) is 51.7 Å². The summed E-state index contributed by atoms with van der Waals surface area (Å²) in [6, 6.07) is 9.96. The molecule has 1 aliphatic heterocycles. The second kappa shape index (κ2) is 6.99. The molecule has 1 aromatic heterocycles. The summed E-state index contributed by atoms with van der Waals surface area (Å²) in [6.45, 7) is 4.41. The second-order valence-electron chi connectivity index (χ2n) is 6.35. The molecule has 0 spiro atoms. The molecule has 4 rings (SSSR count). The predicted octanol–water partition coefficient (Wildman–Crippen LogP) is 4.49. The van der Waals surface area contributed by atoms with Crippen molar-refractivity contribution in [2.45, 2.75) is 26.7 Å². The van der Waals surface area contributed by atoms with Gasteiger partial charge in [-0.15, -0.1) is 0 Å². The van der Waals surface area contributed by atoms with E-state index in [1.165, 1.54) is 0 Å². The first-order chi connectivity index (χ1) is 13.2. The molecule has 0 aliphatic carbocycles. The molecule has 27 heavy (non-hydrogen) atoms. The molecule has 0 radical (unpaired) electrons. The van der Waals surface area contributed by atoms with Gasteiger partial charge in [0.2, 0.25) is 6.79 Å². The molecule has 3 aromatic rings. The summed E-state index contributed by atoms with van der Waals surface area (Å²) in [4.78, 5) is 0. The van der Waals surface area contributed by atoms with Gasteiger partial charge >= 0.3 is 5.43 Å².